The fourth-order valence-corrected chi connectivity index (χ4v) is 3.51. The van der Waals surface area contributed by atoms with E-state index >= 15 is 0 Å². The van der Waals surface area contributed by atoms with E-state index in [1.165, 1.54) is 50.7 Å². The molecule has 2 aromatic rings. The average molecular weight is 284 g/mol. The molecule has 1 unspecified atom stereocenters. The van der Waals surface area contributed by atoms with Gasteiger partial charge in [0.15, 0.2) is 0 Å². The highest BCUT2D eigenvalue weighted by molar-refractivity contribution is 5.77. The van der Waals surface area contributed by atoms with E-state index in [-0.39, 0.29) is 0 Å². The Kier molecular flexibility index (Phi) is 3.70. The lowest BCUT2D eigenvalue weighted by Gasteiger charge is -2.29. The van der Waals surface area contributed by atoms with Crippen molar-refractivity contribution < 1.29 is 4.42 Å². The summed E-state index contributed by atoms with van der Waals surface area (Å²) in [4.78, 5) is 2.65. The number of hydrogen-bond acceptors (Lipinski definition) is 3. The minimum absolute atomic E-state index is 0.792. The van der Waals surface area contributed by atoms with E-state index in [1.54, 1.807) is 0 Å². The van der Waals surface area contributed by atoms with Crippen LogP contribution in [0.5, 0.6) is 0 Å². The van der Waals surface area contributed by atoms with Crippen LogP contribution in [-0.2, 0) is 6.54 Å². The van der Waals surface area contributed by atoms with E-state index in [4.69, 9.17) is 4.42 Å². The highest BCUT2D eigenvalue weighted by Crippen LogP contribution is 2.31. The van der Waals surface area contributed by atoms with Gasteiger partial charge in [0.2, 0.25) is 0 Å². The smallest absolute Gasteiger partial charge is 0.134 e. The second-order valence-corrected chi connectivity index (χ2v) is 6.62. The second-order valence-electron chi connectivity index (χ2n) is 6.62. The molecule has 0 bridgehead atoms. The highest BCUT2D eigenvalue weighted by Gasteiger charge is 2.31. The topological polar surface area (TPSA) is 28.4 Å². The number of nitrogens with zero attached hydrogens (tertiary/aromatic N) is 1. The molecule has 2 aliphatic rings. The summed E-state index contributed by atoms with van der Waals surface area (Å²) in [7, 11) is 0. The Morgan fingerprint density at radius 3 is 2.86 bits per heavy atom. The average Bonchev–Trinajstić information content (AvgIpc) is 3.28. The summed E-state index contributed by atoms with van der Waals surface area (Å²) in [6.45, 7) is 4.57. The Labute approximate surface area is 126 Å². The summed E-state index contributed by atoms with van der Waals surface area (Å²) in [5.74, 6) is 1.93. The second kappa shape index (κ2) is 5.82. The van der Waals surface area contributed by atoms with Gasteiger partial charge in [0.25, 0.3) is 0 Å². The normalized spacial score (nSPS) is 23.0. The van der Waals surface area contributed by atoms with Crippen molar-refractivity contribution in [3.8, 4) is 0 Å². The van der Waals surface area contributed by atoms with E-state index in [0.717, 1.165) is 29.8 Å². The predicted molar refractivity (Wildman–Crippen MR) is 85.2 cm³/mol. The molecule has 1 saturated carbocycles. The lowest BCUT2D eigenvalue weighted by Crippen LogP contribution is -2.38. The van der Waals surface area contributed by atoms with Crippen LogP contribution in [-0.4, -0.2) is 30.6 Å². The standard InChI is InChI=1S/C18H24N2O/c1-2-6-18-15(5-1)10-17(21-18)13-20(16-7-8-16)12-14-4-3-9-19-11-14/h1-2,5-6,10,14,16,19H,3-4,7-9,11-13H2. The van der Waals surface area contributed by atoms with Gasteiger partial charge >= 0.3 is 0 Å². The van der Waals surface area contributed by atoms with Crippen molar-refractivity contribution in [3.63, 3.8) is 0 Å². The zero-order valence-corrected chi connectivity index (χ0v) is 12.6. The third-order valence-electron chi connectivity index (χ3n) is 4.79. The van der Waals surface area contributed by atoms with E-state index in [9.17, 15) is 0 Å². The zero-order valence-electron chi connectivity index (χ0n) is 12.6. The number of hydrogen-bond donors (Lipinski definition) is 1. The van der Waals surface area contributed by atoms with E-state index in [1.807, 2.05) is 6.07 Å². The fourth-order valence-electron chi connectivity index (χ4n) is 3.51. The molecular weight excluding hydrogens is 260 g/mol. The molecular formula is C18H24N2O. The Balaban J connectivity index is 1.46. The SMILES string of the molecule is c1ccc2oc(CN(CC3CCCNC3)C3CC3)cc2c1. The first kappa shape index (κ1) is 13.4. The van der Waals surface area contributed by atoms with Crippen LogP contribution in [0.4, 0.5) is 0 Å². The number of furan rings is 1. The number of fused-ring (bicyclic) bond motifs is 1. The minimum atomic E-state index is 0.792. The molecule has 0 spiro atoms. The fraction of sp³-hybridized carbons (Fsp3) is 0.556. The summed E-state index contributed by atoms with van der Waals surface area (Å²) in [5.41, 5.74) is 1.02. The molecule has 2 fully saturated rings. The van der Waals surface area contributed by atoms with E-state index < -0.39 is 0 Å². The van der Waals surface area contributed by atoms with Gasteiger partial charge in [-0.25, -0.2) is 0 Å². The molecule has 0 radical (unpaired) electrons. The first-order chi connectivity index (χ1) is 10.4. The van der Waals surface area contributed by atoms with Crippen molar-refractivity contribution in [3.05, 3.63) is 36.1 Å². The summed E-state index contributed by atoms with van der Waals surface area (Å²) in [6, 6.07) is 11.3. The molecule has 3 heteroatoms. The van der Waals surface area contributed by atoms with Gasteiger partial charge in [-0.1, -0.05) is 18.2 Å². The van der Waals surface area contributed by atoms with Crippen LogP contribution >= 0.6 is 0 Å². The number of benzene rings is 1. The molecule has 1 N–H and O–H groups in total. The first-order valence-electron chi connectivity index (χ1n) is 8.31. The van der Waals surface area contributed by atoms with E-state index in [0.29, 0.717) is 0 Å². The molecule has 21 heavy (non-hydrogen) atoms. The molecule has 4 rings (SSSR count). The van der Waals surface area contributed by atoms with Gasteiger partial charge < -0.3 is 9.73 Å². The molecule has 1 aliphatic heterocycles. The molecule has 0 amide bonds. The minimum Gasteiger partial charge on any atom is -0.460 e. The molecule has 3 nitrogen and oxygen atoms in total. The van der Waals surface area contributed by atoms with Gasteiger partial charge in [0.1, 0.15) is 11.3 Å². The largest absolute Gasteiger partial charge is 0.460 e. The van der Waals surface area contributed by atoms with Crippen molar-refractivity contribution in [2.45, 2.75) is 38.3 Å². The maximum absolute atomic E-state index is 6.01. The van der Waals surface area contributed by atoms with Gasteiger partial charge in [-0.3, -0.25) is 4.90 Å². The lowest BCUT2D eigenvalue weighted by atomic mass is 9.99. The maximum Gasteiger partial charge on any atom is 0.134 e. The maximum atomic E-state index is 6.01. The number of para-hydroxylation sites is 1. The summed E-state index contributed by atoms with van der Waals surface area (Å²) < 4.78 is 6.01. The van der Waals surface area contributed by atoms with Crippen molar-refractivity contribution in [2.75, 3.05) is 19.6 Å². The van der Waals surface area contributed by atoms with Gasteiger partial charge in [0, 0.05) is 18.0 Å². The quantitative estimate of drug-likeness (QED) is 0.912. The third-order valence-corrected chi connectivity index (χ3v) is 4.79. The van der Waals surface area contributed by atoms with Gasteiger partial charge in [-0.05, 0) is 56.8 Å². The molecule has 2 heterocycles. The van der Waals surface area contributed by atoms with Gasteiger partial charge in [0.05, 0.1) is 6.54 Å². The number of nitrogens with one attached hydrogen (secondary N) is 1. The zero-order chi connectivity index (χ0) is 14.1. The van der Waals surface area contributed by atoms with Crippen molar-refractivity contribution in [2.24, 2.45) is 5.92 Å². The monoisotopic (exact) mass is 284 g/mol. The predicted octanol–water partition coefficient (Wildman–Crippen LogP) is 3.40. The van der Waals surface area contributed by atoms with Crippen LogP contribution in [0.1, 0.15) is 31.4 Å². The molecule has 1 aromatic carbocycles. The van der Waals surface area contributed by atoms with E-state index in [2.05, 4.69) is 34.5 Å². The van der Waals surface area contributed by atoms with Crippen molar-refractivity contribution >= 4 is 11.0 Å². The molecule has 1 aromatic heterocycles. The number of rotatable bonds is 5. The Morgan fingerprint density at radius 1 is 1.19 bits per heavy atom. The molecule has 1 atom stereocenters. The molecule has 1 saturated heterocycles. The Hall–Kier alpha value is -1.32. The Bertz CT molecular complexity index is 563. The third kappa shape index (κ3) is 3.14. The van der Waals surface area contributed by atoms with Crippen LogP contribution in [0.25, 0.3) is 11.0 Å². The van der Waals surface area contributed by atoms with Crippen LogP contribution in [0.3, 0.4) is 0 Å². The summed E-state index contributed by atoms with van der Waals surface area (Å²) >= 11 is 0. The van der Waals surface area contributed by atoms with Crippen molar-refractivity contribution in [1.29, 1.82) is 0 Å². The molecule has 1 aliphatic carbocycles. The van der Waals surface area contributed by atoms with Gasteiger partial charge in [-0.15, -0.1) is 0 Å². The molecule has 112 valence electrons. The van der Waals surface area contributed by atoms with Crippen molar-refractivity contribution in [1.82, 2.24) is 10.2 Å². The van der Waals surface area contributed by atoms with Crippen LogP contribution in [0.15, 0.2) is 34.7 Å². The van der Waals surface area contributed by atoms with Crippen LogP contribution in [0.2, 0.25) is 0 Å². The van der Waals surface area contributed by atoms with Gasteiger partial charge in [-0.2, -0.15) is 0 Å². The van der Waals surface area contributed by atoms with Crippen LogP contribution < -0.4 is 5.32 Å². The number of piperidine rings is 1. The Morgan fingerprint density at radius 2 is 2.10 bits per heavy atom. The first-order valence-corrected chi connectivity index (χ1v) is 8.31. The summed E-state index contributed by atoms with van der Waals surface area (Å²) in [5, 5.41) is 4.76. The summed E-state index contributed by atoms with van der Waals surface area (Å²) in [6.07, 6.45) is 5.42. The van der Waals surface area contributed by atoms with Crippen LogP contribution in [0, 0.1) is 5.92 Å². The highest BCUT2D eigenvalue weighted by atomic mass is 16.3. The lowest BCUT2D eigenvalue weighted by molar-refractivity contribution is 0.182.